The van der Waals surface area contributed by atoms with E-state index in [1.54, 1.807) is 0 Å². The Morgan fingerprint density at radius 3 is 1.30 bits per heavy atom. The Hall–Kier alpha value is -3.35. The van der Waals surface area contributed by atoms with Gasteiger partial charge in [-0.3, -0.25) is 0 Å². The second kappa shape index (κ2) is 8.47. The summed E-state index contributed by atoms with van der Waals surface area (Å²) in [5.74, 6) is 0. The van der Waals surface area contributed by atoms with Crippen molar-refractivity contribution < 1.29 is 12.9 Å². The standard InChI is InChI=1S/2C19H13.2CH3.CH2.2ClH.Zr/c2*1-2-10-16-14(6-1)8-4-12-18(16)19-13-5-9-15-7-3-11-17(15)19;;;;;;/h2*1-13H;2*1H3;1H2;2*1H;/q;;;;;;;+2/p-2. The van der Waals surface area contributed by atoms with Crippen LogP contribution in [0.4, 0.5) is 0 Å². The number of hydrogen-bond acceptors (Lipinski definition) is 0. The van der Waals surface area contributed by atoms with Crippen molar-refractivity contribution in [2.75, 3.05) is 0 Å². The van der Waals surface area contributed by atoms with Crippen molar-refractivity contribution in [2.45, 2.75) is 16.5 Å². The Balaban J connectivity index is 1.30. The third-order valence-corrected chi connectivity index (χ3v) is 30.9. The van der Waals surface area contributed by atoms with Crippen LogP contribution in [0, 0.1) is 0 Å². The molecule has 6 aromatic rings. The molecule has 0 spiro atoms. The summed E-state index contributed by atoms with van der Waals surface area (Å²) in [6.07, 6.45) is 8.96. The Morgan fingerprint density at radius 1 is 0.477 bits per heavy atom. The third-order valence-electron chi connectivity index (χ3n) is 10.5. The molecule has 8 rings (SSSR count). The minimum atomic E-state index is -6.04. The normalized spacial score (nSPS) is 19.7. The van der Waals surface area contributed by atoms with Gasteiger partial charge in [-0.1, -0.05) is 0 Å². The first kappa shape index (κ1) is 28.1. The summed E-state index contributed by atoms with van der Waals surface area (Å²) >= 11 is -6.04. The van der Waals surface area contributed by atoms with Crippen molar-refractivity contribution >= 4 is 54.9 Å². The average Bonchev–Trinajstić information content (AvgIpc) is 3.67. The Kier molecular flexibility index (Phi) is 5.42. The van der Waals surface area contributed by atoms with E-state index in [0.717, 1.165) is 11.1 Å². The molecule has 0 amide bonds. The quantitative estimate of drug-likeness (QED) is 0.173. The predicted molar refractivity (Wildman–Crippen MR) is 193 cm³/mol. The van der Waals surface area contributed by atoms with Gasteiger partial charge in [-0.05, 0) is 0 Å². The van der Waals surface area contributed by atoms with Crippen molar-refractivity contribution in [3.05, 3.63) is 156 Å². The molecule has 0 nitrogen and oxygen atoms in total. The summed E-state index contributed by atoms with van der Waals surface area (Å²) in [6.45, 7) is 0. The number of allylic oxidation sites excluding steroid dienone is 2. The maximum absolute atomic E-state index is 8.30. The van der Waals surface area contributed by atoms with E-state index in [1.165, 1.54) is 54.9 Å². The molecule has 0 aromatic heterocycles. The minimum absolute atomic E-state index is 0.221. The molecule has 216 valence electrons. The van der Waals surface area contributed by atoms with Gasteiger partial charge in [0.05, 0.1) is 0 Å². The summed E-state index contributed by atoms with van der Waals surface area (Å²) in [7, 11) is 16.6. The third kappa shape index (κ3) is 4.03. The molecule has 0 fully saturated rings. The topological polar surface area (TPSA) is 0 Å². The summed E-state index contributed by atoms with van der Waals surface area (Å²) in [5, 5.41) is 4.93. The second-order valence-electron chi connectivity index (χ2n) is 14.8. The molecule has 2 atom stereocenters. The van der Waals surface area contributed by atoms with Crippen LogP contribution >= 0.6 is 17.0 Å². The fraction of sp³-hybridized carbons (Fsp3) is 0.0976. The zero-order valence-corrected chi connectivity index (χ0v) is 28.9. The first-order valence-corrected chi connectivity index (χ1v) is 31.3. The number of benzene rings is 6. The summed E-state index contributed by atoms with van der Waals surface area (Å²) in [5.41, 5.74) is 9.51. The second-order valence-corrected chi connectivity index (χ2v) is 60.5. The van der Waals surface area contributed by atoms with Gasteiger partial charge in [-0.2, -0.15) is 0 Å². The molecule has 0 aliphatic heterocycles. The molecule has 0 bridgehead atoms. The van der Waals surface area contributed by atoms with Crippen LogP contribution in [0.5, 0.6) is 0 Å². The van der Waals surface area contributed by atoms with Crippen molar-refractivity contribution in [1.29, 1.82) is 0 Å². The zero-order valence-electron chi connectivity index (χ0n) is 25.0. The van der Waals surface area contributed by atoms with Gasteiger partial charge in [0.2, 0.25) is 0 Å². The van der Waals surface area contributed by atoms with Gasteiger partial charge in [0.15, 0.2) is 0 Å². The van der Waals surface area contributed by atoms with Gasteiger partial charge in [0, 0.05) is 0 Å². The van der Waals surface area contributed by atoms with Crippen LogP contribution < -0.4 is 0 Å². The molecule has 0 N–H and O–H groups in total. The molecule has 0 saturated carbocycles. The van der Waals surface area contributed by atoms with Gasteiger partial charge in [0.25, 0.3) is 0 Å². The Morgan fingerprint density at radius 2 is 0.841 bits per heavy atom. The van der Waals surface area contributed by atoms with E-state index >= 15 is 0 Å². The maximum atomic E-state index is 8.30. The number of hydrogen-bond donors (Lipinski definition) is 0. The van der Waals surface area contributed by atoms with E-state index in [1.807, 2.05) is 0 Å². The first-order valence-electron chi connectivity index (χ1n) is 15.4. The average molecular weight is 689 g/mol. The molecule has 0 heterocycles. The molecule has 2 aliphatic rings. The van der Waals surface area contributed by atoms with Crippen LogP contribution in [-0.4, -0.2) is 4.21 Å². The number of halogens is 2. The van der Waals surface area contributed by atoms with E-state index in [4.69, 9.17) is 21.2 Å². The van der Waals surface area contributed by atoms with Crippen LogP contribution in [0.2, 0.25) is 9.26 Å². The summed E-state index contributed by atoms with van der Waals surface area (Å²) in [4.78, 5) is 0. The monoisotopic (exact) mass is 686 g/mol. The van der Waals surface area contributed by atoms with Crippen molar-refractivity contribution in [3.63, 3.8) is 0 Å². The molecule has 6 aromatic carbocycles. The van der Waals surface area contributed by atoms with E-state index in [9.17, 15) is 0 Å². The zero-order chi connectivity index (χ0) is 30.4. The van der Waals surface area contributed by atoms with Gasteiger partial charge >= 0.3 is 262 Å². The Labute approximate surface area is 260 Å². The van der Waals surface area contributed by atoms with Crippen LogP contribution in [0.1, 0.15) is 29.5 Å². The fourth-order valence-electron chi connectivity index (χ4n) is 8.29. The Bertz CT molecular complexity index is 2220. The number of fused-ring (bicyclic) bond motifs is 4. The van der Waals surface area contributed by atoms with Crippen LogP contribution in [-0.2, 0) is 12.9 Å². The molecule has 3 heteroatoms. The molecule has 2 unspecified atom stereocenters. The first-order chi connectivity index (χ1) is 20.9. The SMILES string of the molecule is [CH2]=[Zr]([CH3])([CH3])([Cl])([Cl])([CH]1C=Cc2c(-c3cccc4ccccc34)cccc21)[CH]1C=Cc2c(-c3cccc4ccccc34)cccc21. The molecule has 2 aliphatic carbocycles. The van der Waals surface area contributed by atoms with E-state index < -0.39 is 12.9 Å². The van der Waals surface area contributed by atoms with E-state index in [0.29, 0.717) is 0 Å². The van der Waals surface area contributed by atoms with Gasteiger partial charge in [-0.25, -0.2) is 0 Å². The van der Waals surface area contributed by atoms with Crippen molar-refractivity contribution in [3.8, 4) is 22.3 Å². The van der Waals surface area contributed by atoms with Crippen LogP contribution in [0.15, 0.2) is 133 Å². The van der Waals surface area contributed by atoms with E-state index in [2.05, 4.69) is 155 Å². The van der Waals surface area contributed by atoms with Gasteiger partial charge in [-0.15, -0.1) is 0 Å². The predicted octanol–water partition coefficient (Wildman–Crippen LogP) is 12.8. The van der Waals surface area contributed by atoms with Gasteiger partial charge in [0.1, 0.15) is 0 Å². The van der Waals surface area contributed by atoms with Crippen molar-refractivity contribution in [2.24, 2.45) is 0 Å². The van der Waals surface area contributed by atoms with Gasteiger partial charge < -0.3 is 0 Å². The molecule has 0 radical (unpaired) electrons. The van der Waals surface area contributed by atoms with Crippen LogP contribution in [0.25, 0.3) is 56.0 Å². The molecular weight excluding hydrogens is 655 g/mol. The summed E-state index contributed by atoms with van der Waals surface area (Å²) < 4.78 is 8.87. The molecule has 44 heavy (non-hydrogen) atoms. The van der Waals surface area contributed by atoms with Crippen LogP contribution in [0.3, 0.4) is 0 Å². The fourth-order valence-corrected chi connectivity index (χ4v) is 25.5. The number of rotatable bonds is 4. The van der Waals surface area contributed by atoms with Crippen molar-refractivity contribution in [1.82, 2.24) is 0 Å². The summed E-state index contributed by atoms with van der Waals surface area (Å²) in [6, 6.07) is 43.3. The van der Waals surface area contributed by atoms with E-state index in [-0.39, 0.29) is 7.25 Å². The molecular formula is C41H34Cl2Zr. The molecule has 0 saturated heterocycles.